The molecule has 3 aromatic rings. The molecule has 182 valence electrons. The molecule has 2 atom stereocenters. The van der Waals surface area contributed by atoms with Crippen LogP contribution >= 0.6 is 0 Å². The number of nitrogens with zero attached hydrogens (tertiary/aromatic N) is 1. The Balaban J connectivity index is 1.31. The number of piperidine rings is 1. The highest BCUT2D eigenvalue weighted by Gasteiger charge is 2.53. The highest BCUT2D eigenvalue weighted by atomic mass is 16.5. The van der Waals surface area contributed by atoms with Crippen molar-refractivity contribution in [1.29, 1.82) is 0 Å². The minimum atomic E-state index is -0.229. The van der Waals surface area contributed by atoms with Crippen molar-refractivity contribution in [3.63, 3.8) is 0 Å². The van der Waals surface area contributed by atoms with Gasteiger partial charge < -0.3 is 19.9 Å². The number of carbonyl (C=O) groups is 1. The summed E-state index contributed by atoms with van der Waals surface area (Å²) in [6.07, 6.45) is 1.68. The van der Waals surface area contributed by atoms with Crippen LogP contribution in [-0.2, 0) is 21.5 Å². The average Bonchev–Trinajstić information content (AvgIpc) is 3.14. The number of para-hydroxylation sites is 2. The number of methoxy groups -OCH3 is 1. The summed E-state index contributed by atoms with van der Waals surface area (Å²) in [6, 6.07) is 25.1. The third-order valence-electron chi connectivity index (χ3n) is 7.50. The SMILES string of the molecule is CO[C@@H]1[C@@H](NC(=O)COc2ccccc2)c2ccccc2C12CCN(Cc1ccccc1O)CC2. The predicted octanol–water partition coefficient (Wildman–Crippen LogP) is 4.19. The van der Waals surface area contributed by atoms with Crippen LogP contribution in [-0.4, -0.2) is 48.8 Å². The molecule has 0 bridgehead atoms. The number of likely N-dealkylation sites (tertiary alicyclic amines) is 1. The number of fused-ring (bicyclic) bond motifs is 2. The molecule has 0 radical (unpaired) electrons. The number of rotatable bonds is 7. The summed E-state index contributed by atoms with van der Waals surface area (Å²) in [7, 11) is 1.74. The standard InChI is InChI=1S/C29H32N2O4/c1-34-28-27(30-26(33)20-35-22-10-3-2-4-11-22)23-12-6-7-13-24(23)29(28)15-17-31(18-16-29)19-21-9-5-8-14-25(21)32/h2-14,27-28,32H,15-20H2,1H3,(H,30,33)/t27-,28+/m0/s1. The van der Waals surface area contributed by atoms with E-state index >= 15 is 0 Å². The molecular formula is C29H32N2O4. The maximum Gasteiger partial charge on any atom is 0.258 e. The molecule has 35 heavy (non-hydrogen) atoms. The van der Waals surface area contributed by atoms with Gasteiger partial charge in [0.1, 0.15) is 11.5 Å². The fourth-order valence-corrected chi connectivity index (χ4v) is 5.80. The first-order valence-electron chi connectivity index (χ1n) is 12.2. The van der Waals surface area contributed by atoms with E-state index in [2.05, 4.69) is 28.4 Å². The van der Waals surface area contributed by atoms with Crippen LogP contribution in [0.3, 0.4) is 0 Å². The molecule has 1 amide bonds. The van der Waals surface area contributed by atoms with Gasteiger partial charge in [0, 0.05) is 24.6 Å². The normalized spacial score (nSPS) is 20.9. The number of hydrogen-bond acceptors (Lipinski definition) is 5. The lowest BCUT2D eigenvalue weighted by molar-refractivity contribution is -0.125. The zero-order valence-corrected chi connectivity index (χ0v) is 20.0. The summed E-state index contributed by atoms with van der Waals surface area (Å²) in [4.78, 5) is 15.3. The van der Waals surface area contributed by atoms with Crippen molar-refractivity contribution in [3.8, 4) is 11.5 Å². The first-order chi connectivity index (χ1) is 17.1. The molecule has 1 aliphatic heterocycles. The van der Waals surface area contributed by atoms with Crippen molar-refractivity contribution < 1.29 is 19.4 Å². The molecule has 3 aromatic carbocycles. The molecule has 0 aromatic heterocycles. The van der Waals surface area contributed by atoms with Gasteiger partial charge in [-0.1, -0.05) is 60.7 Å². The second-order valence-electron chi connectivity index (χ2n) is 9.45. The Morgan fingerprint density at radius 2 is 1.69 bits per heavy atom. The summed E-state index contributed by atoms with van der Waals surface area (Å²) < 4.78 is 11.8. The topological polar surface area (TPSA) is 71.0 Å². The summed E-state index contributed by atoms with van der Waals surface area (Å²) >= 11 is 0. The lowest BCUT2D eigenvalue weighted by Crippen LogP contribution is -2.50. The second kappa shape index (κ2) is 10.1. The number of amides is 1. The van der Waals surface area contributed by atoms with Crippen molar-refractivity contribution in [3.05, 3.63) is 95.6 Å². The Morgan fingerprint density at radius 3 is 2.43 bits per heavy atom. The van der Waals surface area contributed by atoms with Gasteiger partial charge in [-0.3, -0.25) is 9.69 Å². The molecule has 2 N–H and O–H groups in total. The highest BCUT2D eigenvalue weighted by molar-refractivity contribution is 5.78. The van der Waals surface area contributed by atoms with Crippen LogP contribution in [0.15, 0.2) is 78.9 Å². The van der Waals surface area contributed by atoms with E-state index in [0.717, 1.165) is 43.6 Å². The number of phenolic OH excluding ortho intramolecular Hbond substituents is 1. The van der Waals surface area contributed by atoms with Gasteiger partial charge in [-0.05, 0) is 55.3 Å². The van der Waals surface area contributed by atoms with Gasteiger partial charge in [0.25, 0.3) is 5.91 Å². The molecule has 6 nitrogen and oxygen atoms in total. The number of ether oxygens (including phenoxy) is 2. The number of phenols is 1. The fraction of sp³-hybridized carbons (Fsp3) is 0.345. The highest BCUT2D eigenvalue weighted by Crippen LogP contribution is 2.52. The van der Waals surface area contributed by atoms with E-state index < -0.39 is 0 Å². The van der Waals surface area contributed by atoms with E-state index in [-0.39, 0.29) is 30.1 Å². The maximum atomic E-state index is 12.9. The van der Waals surface area contributed by atoms with Crippen LogP contribution in [0.1, 0.15) is 35.6 Å². The lowest BCUT2D eigenvalue weighted by Gasteiger charge is -2.44. The zero-order valence-electron chi connectivity index (χ0n) is 20.0. The van der Waals surface area contributed by atoms with Crippen LogP contribution in [0.2, 0.25) is 0 Å². The minimum absolute atomic E-state index is 0.0412. The van der Waals surface area contributed by atoms with Crippen LogP contribution in [0.4, 0.5) is 0 Å². The number of carbonyl (C=O) groups excluding carboxylic acids is 1. The summed E-state index contributed by atoms with van der Waals surface area (Å²) in [6.45, 7) is 2.46. The van der Waals surface area contributed by atoms with Gasteiger partial charge in [0.05, 0.1) is 12.1 Å². The van der Waals surface area contributed by atoms with Gasteiger partial charge >= 0.3 is 0 Å². The van der Waals surface area contributed by atoms with Gasteiger partial charge in [0.2, 0.25) is 0 Å². The Kier molecular flexibility index (Phi) is 6.75. The molecule has 1 aliphatic carbocycles. The molecule has 2 aliphatic rings. The van der Waals surface area contributed by atoms with Crippen molar-refractivity contribution in [2.75, 3.05) is 26.8 Å². The molecule has 0 saturated carbocycles. The Bertz CT molecular complexity index is 1160. The van der Waals surface area contributed by atoms with E-state index in [1.54, 1.807) is 13.2 Å². The fourth-order valence-electron chi connectivity index (χ4n) is 5.80. The predicted molar refractivity (Wildman–Crippen MR) is 134 cm³/mol. The van der Waals surface area contributed by atoms with E-state index in [4.69, 9.17) is 9.47 Å². The zero-order chi connectivity index (χ0) is 24.3. The second-order valence-corrected chi connectivity index (χ2v) is 9.45. The average molecular weight is 473 g/mol. The van der Waals surface area contributed by atoms with Gasteiger partial charge in [-0.25, -0.2) is 0 Å². The first-order valence-corrected chi connectivity index (χ1v) is 12.2. The Hall–Kier alpha value is -3.35. The van der Waals surface area contributed by atoms with Crippen LogP contribution < -0.4 is 10.1 Å². The quantitative estimate of drug-likeness (QED) is 0.540. The van der Waals surface area contributed by atoms with E-state index in [9.17, 15) is 9.90 Å². The Labute approximate surface area is 206 Å². The largest absolute Gasteiger partial charge is 0.508 e. The molecule has 0 unspecified atom stereocenters. The molecule has 1 saturated heterocycles. The number of hydrogen-bond donors (Lipinski definition) is 2. The number of aromatic hydroxyl groups is 1. The summed E-state index contributed by atoms with van der Waals surface area (Å²) in [5, 5.41) is 13.4. The minimum Gasteiger partial charge on any atom is -0.508 e. The van der Waals surface area contributed by atoms with Gasteiger partial charge in [-0.2, -0.15) is 0 Å². The smallest absolute Gasteiger partial charge is 0.258 e. The molecule has 1 fully saturated rings. The lowest BCUT2D eigenvalue weighted by atomic mass is 9.72. The first kappa shape index (κ1) is 23.4. The van der Waals surface area contributed by atoms with E-state index in [1.807, 2.05) is 54.6 Å². The third-order valence-corrected chi connectivity index (χ3v) is 7.50. The van der Waals surface area contributed by atoms with Crippen LogP contribution in [0.5, 0.6) is 11.5 Å². The van der Waals surface area contributed by atoms with Crippen molar-refractivity contribution in [2.24, 2.45) is 0 Å². The number of nitrogens with one attached hydrogen (secondary N) is 1. The molecule has 5 rings (SSSR count). The molecule has 1 heterocycles. The third kappa shape index (κ3) is 4.64. The van der Waals surface area contributed by atoms with Crippen LogP contribution in [0.25, 0.3) is 0 Å². The summed E-state index contributed by atoms with van der Waals surface area (Å²) in [5.74, 6) is 0.852. The van der Waals surface area contributed by atoms with Crippen molar-refractivity contribution in [1.82, 2.24) is 10.2 Å². The number of benzene rings is 3. The Morgan fingerprint density at radius 1 is 1.00 bits per heavy atom. The molecule has 1 spiro atoms. The van der Waals surface area contributed by atoms with E-state index in [1.165, 1.54) is 5.56 Å². The molecular weight excluding hydrogens is 440 g/mol. The van der Waals surface area contributed by atoms with E-state index in [0.29, 0.717) is 11.5 Å². The van der Waals surface area contributed by atoms with Crippen LogP contribution in [0, 0.1) is 0 Å². The van der Waals surface area contributed by atoms with Gasteiger partial charge in [0.15, 0.2) is 6.61 Å². The summed E-state index contributed by atoms with van der Waals surface area (Å²) in [5.41, 5.74) is 3.17. The van der Waals surface area contributed by atoms with Crippen molar-refractivity contribution in [2.45, 2.75) is 36.9 Å². The monoisotopic (exact) mass is 472 g/mol. The molecule has 6 heteroatoms. The van der Waals surface area contributed by atoms with Gasteiger partial charge in [-0.15, -0.1) is 0 Å². The van der Waals surface area contributed by atoms with Crippen molar-refractivity contribution >= 4 is 5.91 Å². The maximum absolute atomic E-state index is 12.9.